The number of primary amides is 1. The van der Waals surface area contributed by atoms with Gasteiger partial charge in [0.15, 0.2) is 17.3 Å². The third-order valence-electron chi connectivity index (χ3n) is 4.62. The van der Waals surface area contributed by atoms with E-state index in [0.29, 0.717) is 23.1 Å². The van der Waals surface area contributed by atoms with E-state index in [1.165, 1.54) is 24.4 Å². The normalized spacial score (nSPS) is 18.4. The Morgan fingerprint density at radius 1 is 1.21 bits per heavy atom. The molecular weight excluding hydrogens is 382 g/mol. The predicted octanol–water partition coefficient (Wildman–Crippen LogP) is 3.30. The number of fused-ring (bicyclic) bond motifs is 1. The van der Waals surface area contributed by atoms with Gasteiger partial charge in [0.2, 0.25) is 0 Å². The highest BCUT2D eigenvalue weighted by Gasteiger charge is 2.37. The number of hydrogen-bond donors (Lipinski definition) is 2. The number of imidazole rings is 1. The standard InChI is InChI=1S/C20H14F2N4O3/c1-26(10-27)9-11(17-12(21)4-2-5-13(17)22)8-15(26)19-24-14-6-3-7-16(18(14)25-19)29-20(23)28/h2-10H,1H3,(H2-,23,24,25,28)/p+1. The monoisotopic (exact) mass is 397 g/mol. The second-order valence-electron chi connectivity index (χ2n) is 6.62. The van der Waals surface area contributed by atoms with Gasteiger partial charge in [-0.2, -0.15) is 0 Å². The second kappa shape index (κ2) is 6.64. The molecule has 7 nitrogen and oxygen atoms in total. The Balaban J connectivity index is 1.86. The van der Waals surface area contributed by atoms with Crippen LogP contribution in [0.15, 0.2) is 48.7 Å². The lowest BCUT2D eigenvalue weighted by molar-refractivity contribution is -0.689. The highest BCUT2D eigenvalue weighted by Crippen LogP contribution is 2.38. The maximum atomic E-state index is 14.2. The first-order valence-electron chi connectivity index (χ1n) is 8.50. The number of aromatic nitrogens is 2. The first kappa shape index (κ1) is 18.5. The van der Waals surface area contributed by atoms with E-state index in [-0.39, 0.29) is 22.7 Å². The van der Waals surface area contributed by atoms with E-state index in [2.05, 4.69) is 9.97 Å². The Bertz CT molecular complexity index is 1210. The summed E-state index contributed by atoms with van der Waals surface area (Å²) >= 11 is 0. The van der Waals surface area contributed by atoms with E-state index in [0.717, 1.165) is 12.1 Å². The summed E-state index contributed by atoms with van der Waals surface area (Å²) in [5, 5.41) is 0. The van der Waals surface area contributed by atoms with Crippen LogP contribution in [0.1, 0.15) is 11.4 Å². The smallest absolute Gasteiger partial charge is 0.408 e. The molecule has 2 heterocycles. The van der Waals surface area contributed by atoms with Crippen molar-refractivity contribution in [3.8, 4) is 5.75 Å². The van der Waals surface area contributed by atoms with E-state index in [1.807, 2.05) is 0 Å². The second-order valence-corrected chi connectivity index (χ2v) is 6.62. The van der Waals surface area contributed by atoms with E-state index >= 15 is 0 Å². The average Bonchev–Trinajstić information content (AvgIpc) is 3.23. The number of nitrogens with zero attached hydrogens (tertiary/aromatic N) is 2. The Hall–Kier alpha value is -3.85. The zero-order chi connectivity index (χ0) is 20.8. The number of hydrogen-bond acceptors (Lipinski definition) is 4. The molecule has 1 aliphatic rings. The molecule has 0 fully saturated rings. The molecule has 3 aromatic rings. The van der Waals surface area contributed by atoms with Crippen LogP contribution in [0.25, 0.3) is 22.3 Å². The van der Waals surface area contributed by atoms with Crippen LogP contribution in [0.5, 0.6) is 5.75 Å². The minimum absolute atomic E-state index is 0.143. The van der Waals surface area contributed by atoms with Crippen molar-refractivity contribution in [2.45, 2.75) is 0 Å². The lowest BCUT2D eigenvalue weighted by Gasteiger charge is -2.19. The molecule has 0 saturated carbocycles. The number of carbonyl (C=O) groups excluding carboxylic acids is 2. The third-order valence-corrected chi connectivity index (χ3v) is 4.62. The van der Waals surface area contributed by atoms with Crippen LogP contribution in [-0.4, -0.2) is 34.0 Å². The Morgan fingerprint density at radius 2 is 1.90 bits per heavy atom. The fraction of sp³-hybridized carbons (Fsp3) is 0.0500. The van der Waals surface area contributed by atoms with E-state index in [4.69, 9.17) is 10.5 Å². The van der Waals surface area contributed by atoms with Crippen LogP contribution in [-0.2, 0) is 4.79 Å². The summed E-state index contributed by atoms with van der Waals surface area (Å²) in [5.74, 6) is -1.07. The number of nitrogens with one attached hydrogen (secondary N) is 1. The number of halogens is 2. The van der Waals surface area contributed by atoms with Crippen molar-refractivity contribution in [1.29, 1.82) is 0 Å². The van der Waals surface area contributed by atoms with Crippen molar-refractivity contribution < 1.29 is 27.6 Å². The van der Waals surface area contributed by atoms with Crippen LogP contribution in [0.2, 0.25) is 0 Å². The van der Waals surface area contributed by atoms with Gasteiger partial charge in [-0.3, -0.25) is 0 Å². The number of aromatic amines is 1. The van der Waals surface area contributed by atoms with Crippen LogP contribution in [0.3, 0.4) is 0 Å². The Morgan fingerprint density at radius 3 is 2.55 bits per heavy atom. The molecule has 2 aromatic carbocycles. The van der Waals surface area contributed by atoms with Crippen LogP contribution in [0.4, 0.5) is 13.6 Å². The molecule has 0 spiro atoms. The number of H-pyrrole nitrogens is 1. The molecule has 0 aliphatic carbocycles. The van der Waals surface area contributed by atoms with E-state index in [9.17, 15) is 18.4 Å². The Kier molecular flexibility index (Phi) is 4.24. The molecule has 0 radical (unpaired) electrons. The van der Waals surface area contributed by atoms with E-state index in [1.54, 1.807) is 19.2 Å². The number of quaternary nitrogens is 1. The summed E-state index contributed by atoms with van der Waals surface area (Å²) in [7, 11) is 1.55. The minimum atomic E-state index is -0.991. The molecule has 1 aliphatic heterocycles. The molecule has 0 bridgehead atoms. The fourth-order valence-corrected chi connectivity index (χ4v) is 3.29. The predicted molar refractivity (Wildman–Crippen MR) is 101 cm³/mol. The molecule has 146 valence electrons. The van der Waals surface area contributed by atoms with Crippen molar-refractivity contribution in [2.24, 2.45) is 5.73 Å². The van der Waals surface area contributed by atoms with Crippen molar-refractivity contribution in [3.05, 3.63) is 71.7 Å². The highest BCUT2D eigenvalue weighted by molar-refractivity contribution is 5.90. The van der Waals surface area contributed by atoms with Crippen LogP contribution >= 0.6 is 0 Å². The number of amides is 2. The van der Waals surface area contributed by atoms with Crippen molar-refractivity contribution in [3.63, 3.8) is 0 Å². The average molecular weight is 397 g/mol. The summed E-state index contributed by atoms with van der Waals surface area (Å²) in [6, 6.07) is 8.41. The quantitative estimate of drug-likeness (QED) is 0.521. The summed E-state index contributed by atoms with van der Waals surface area (Å²) in [5.41, 5.74) is 6.27. The maximum absolute atomic E-state index is 14.2. The Labute approximate surface area is 163 Å². The maximum Gasteiger partial charge on any atom is 0.410 e. The fourth-order valence-electron chi connectivity index (χ4n) is 3.29. The minimum Gasteiger partial charge on any atom is -0.408 e. The number of benzene rings is 2. The molecule has 3 N–H and O–H groups in total. The molecule has 0 saturated heterocycles. The molecule has 1 atom stereocenters. The van der Waals surface area contributed by atoms with Gasteiger partial charge < -0.3 is 15.5 Å². The van der Waals surface area contributed by atoms with Gasteiger partial charge in [0, 0.05) is 11.6 Å². The number of ether oxygens (including phenoxy) is 1. The van der Waals surface area contributed by atoms with Gasteiger partial charge in [-0.25, -0.2) is 27.8 Å². The summed E-state index contributed by atoms with van der Waals surface area (Å²) < 4.78 is 33.0. The zero-order valence-electron chi connectivity index (χ0n) is 15.1. The van der Waals surface area contributed by atoms with Gasteiger partial charge in [0.25, 0.3) is 0 Å². The highest BCUT2D eigenvalue weighted by atomic mass is 19.1. The number of para-hydroxylation sites is 1. The summed E-state index contributed by atoms with van der Waals surface area (Å²) in [6.45, 7) is 0. The summed E-state index contributed by atoms with van der Waals surface area (Å²) in [4.78, 5) is 30.4. The third kappa shape index (κ3) is 3.07. The van der Waals surface area contributed by atoms with Gasteiger partial charge in [-0.05, 0) is 24.3 Å². The molecule has 4 rings (SSSR count). The topological polar surface area (TPSA) is 98.1 Å². The number of rotatable bonds is 4. The molecule has 29 heavy (non-hydrogen) atoms. The first-order valence-corrected chi connectivity index (χ1v) is 8.50. The van der Waals surface area contributed by atoms with Crippen molar-refractivity contribution in [1.82, 2.24) is 9.97 Å². The largest absolute Gasteiger partial charge is 0.410 e. The summed E-state index contributed by atoms with van der Waals surface area (Å²) in [6.07, 6.45) is 2.54. The van der Waals surface area contributed by atoms with Crippen molar-refractivity contribution in [2.75, 3.05) is 7.05 Å². The SMILES string of the molecule is C[N+]1(C=O)C=C(c2c(F)cccc2F)C=C1c1nc2c(OC(N)=O)cccc2[nH]1. The molecule has 1 unspecified atom stereocenters. The molecule has 1 aromatic heterocycles. The zero-order valence-corrected chi connectivity index (χ0v) is 15.1. The molecule has 2 amide bonds. The van der Waals surface area contributed by atoms with Crippen molar-refractivity contribution >= 4 is 34.8 Å². The molecule has 9 heteroatoms. The van der Waals surface area contributed by atoms with Gasteiger partial charge in [0.1, 0.15) is 23.4 Å². The molecular formula is C20H15F2N4O3+. The first-order chi connectivity index (χ1) is 13.8. The van der Waals surface area contributed by atoms with Crippen LogP contribution in [0, 0.1) is 11.6 Å². The lowest BCUT2D eigenvalue weighted by Crippen LogP contribution is -2.33. The van der Waals surface area contributed by atoms with E-state index < -0.39 is 22.2 Å². The lowest BCUT2D eigenvalue weighted by atomic mass is 10.1. The van der Waals surface area contributed by atoms with Gasteiger partial charge in [-0.15, -0.1) is 0 Å². The number of allylic oxidation sites excluding steroid dienone is 2. The number of carbonyl (C=O) groups is 2. The number of nitrogens with two attached hydrogens (primary N) is 1. The van der Waals surface area contributed by atoms with Crippen LogP contribution < -0.4 is 10.5 Å². The van der Waals surface area contributed by atoms with Gasteiger partial charge in [-0.1, -0.05) is 12.1 Å². The van der Waals surface area contributed by atoms with Gasteiger partial charge >= 0.3 is 12.5 Å². The van der Waals surface area contributed by atoms with Gasteiger partial charge in [0.05, 0.1) is 18.1 Å².